The Hall–Kier alpha value is -6.39. The Kier molecular flexibility index (Phi) is 9.38. The zero-order valence-corrected chi connectivity index (χ0v) is 29.9. The molecule has 0 aliphatic heterocycles. The lowest BCUT2D eigenvalue weighted by atomic mass is 10.0. The van der Waals surface area contributed by atoms with Gasteiger partial charge in [-0.3, -0.25) is 10.8 Å². The van der Waals surface area contributed by atoms with E-state index < -0.39 is 23.5 Å². The molecule has 0 fully saturated rings. The van der Waals surface area contributed by atoms with Gasteiger partial charge in [-0.15, -0.1) is 10.2 Å². The van der Waals surface area contributed by atoms with Gasteiger partial charge in [-0.2, -0.15) is 26.3 Å². The van der Waals surface area contributed by atoms with Crippen molar-refractivity contribution in [1.82, 2.24) is 30.1 Å². The van der Waals surface area contributed by atoms with Crippen LogP contribution in [0.25, 0.3) is 65.7 Å². The average Bonchev–Trinajstić information content (AvgIpc) is 3.71. The highest BCUT2D eigenvalue weighted by Gasteiger charge is 2.34. The summed E-state index contributed by atoms with van der Waals surface area (Å²) in [6.45, 7) is 0. The molecule has 0 atom stereocenters. The molecule has 0 spiro atoms. The molecule has 0 aliphatic carbocycles. The molecule has 0 radical (unpaired) electrons. The number of pyridine rings is 4. The van der Waals surface area contributed by atoms with E-state index in [2.05, 4.69) is 20.2 Å². The van der Waals surface area contributed by atoms with E-state index >= 15 is 0 Å². The van der Waals surface area contributed by atoms with Crippen molar-refractivity contribution in [3.05, 3.63) is 144 Å². The molecule has 0 aliphatic rings. The fourth-order valence-corrected chi connectivity index (χ4v) is 7.40. The van der Waals surface area contributed by atoms with Crippen LogP contribution in [0.1, 0.15) is 22.5 Å². The lowest BCUT2D eigenvalue weighted by Gasteiger charge is -2.13. The molecule has 0 amide bonds. The highest BCUT2D eigenvalue weighted by molar-refractivity contribution is 8.27. The predicted molar refractivity (Wildman–Crippen MR) is 206 cm³/mol. The largest absolute Gasteiger partial charge is 0.417 e. The van der Waals surface area contributed by atoms with Crippen molar-refractivity contribution in [2.24, 2.45) is 0 Å². The van der Waals surface area contributed by atoms with E-state index in [1.54, 1.807) is 30.3 Å². The summed E-state index contributed by atoms with van der Waals surface area (Å²) in [6.07, 6.45) is -9.15. The number of hydrogen-bond acceptors (Lipinski definition) is 10. The monoisotopic (exact) mass is 792 g/mol. The van der Waals surface area contributed by atoms with Crippen LogP contribution in [0.5, 0.6) is 0 Å². The maximum atomic E-state index is 13.7. The van der Waals surface area contributed by atoms with Crippen LogP contribution in [0.3, 0.4) is 0 Å². The van der Waals surface area contributed by atoms with Crippen molar-refractivity contribution in [2.45, 2.75) is 12.4 Å². The van der Waals surface area contributed by atoms with E-state index in [4.69, 9.17) is 20.8 Å². The minimum absolute atomic E-state index is 0.0449. The maximum Gasteiger partial charge on any atom is 0.417 e. The number of aromatic nitrogens is 6. The number of rotatable bonds is 6. The minimum atomic E-state index is -4.59. The number of nitrogens with zero attached hydrogens (tertiary/aromatic N) is 6. The lowest BCUT2D eigenvalue weighted by molar-refractivity contribution is -0.137. The van der Waals surface area contributed by atoms with Crippen LogP contribution in [0.4, 0.5) is 26.3 Å². The second kappa shape index (κ2) is 14.4. The first-order valence-electron chi connectivity index (χ1n) is 16.5. The van der Waals surface area contributed by atoms with Crippen LogP contribution in [0, 0.1) is 10.8 Å². The third-order valence-corrected chi connectivity index (χ3v) is 10.4. The van der Waals surface area contributed by atoms with Gasteiger partial charge in [0.05, 0.1) is 44.9 Å². The zero-order valence-electron chi connectivity index (χ0n) is 28.3. The molecule has 8 aromatic rings. The molecule has 3 aromatic carbocycles. The van der Waals surface area contributed by atoms with Gasteiger partial charge in [0.25, 0.3) is 0 Å². The number of hydrogen-bond donors (Lipinski definition) is 2. The number of halogens is 6. The Labute approximate surface area is 321 Å². The first-order chi connectivity index (χ1) is 26.8. The summed E-state index contributed by atoms with van der Waals surface area (Å²) in [4.78, 5) is 18.4. The fraction of sp³-hybridized carbons (Fsp3) is 0.0500. The smallest absolute Gasteiger partial charge is 0.292 e. The third-order valence-electron chi connectivity index (χ3n) is 8.57. The molecular weight excluding hydrogens is 771 g/mol. The molecule has 0 unspecified atom stereocenters. The average molecular weight is 793 g/mol. The second-order valence-electron chi connectivity index (χ2n) is 12.2. The molecule has 0 saturated carbocycles. The highest BCUT2D eigenvalue weighted by Crippen LogP contribution is 2.39. The van der Waals surface area contributed by atoms with Gasteiger partial charge in [0, 0.05) is 21.9 Å². The van der Waals surface area contributed by atoms with Gasteiger partial charge in [0.2, 0.25) is 0 Å². The van der Waals surface area contributed by atoms with Crippen LogP contribution < -0.4 is 0 Å². The molecule has 8 nitrogen and oxygen atoms in total. The number of thioether (sulfide) groups is 1. The Balaban J connectivity index is 1.07. The number of benzene rings is 3. The van der Waals surface area contributed by atoms with Crippen LogP contribution in [-0.4, -0.2) is 40.2 Å². The molecule has 5 heterocycles. The number of alkyl halides is 6. The Morgan fingerprint density at radius 3 is 1.54 bits per heavy atom. The number of nitrogens with one attached hydrogen (secondary N) is 2. The van der Waals surface area contributed by atoms with Crippen LogP contribution in [0.2, 0.25) is 0 Å². The SMILES string of the molecule is N=C(SC(=N)c1ccc2ccc3ccc(-c4nnc(-c5cccc(-c6ccccc6C(F)(F)F)n5)s4)nc3c2n1)c1cccc(-c2ccccc2C(F)(F)F)n1. The molecule has 16 heteroatoms. The number of fused-ring (bicyclic) bond motifs is 3. The van der Waals surface area contributed by atoms with Gasteiger partial charge in [-0.25, -0.2) is 19.9 Å². The molecule has 5 aromatic heterocycles. The van der Waals surface area contributed by atoms with Crippen LogP contribution >= 0.6 is 23.1 Å². The molecule has 0 saturated heterocycles. The second-order valence-corrected chi connectivity index (χ2v) is 14.2. The molecule has 0 bridgehead atoms. The first kappa shape index (κ1) is 36.6. The van der Waals surface area contributed by atoms with Gasteiger partial charge in [-0.1, -0.05) is 84.1 Å². The minimum Gasteiger partial charge on any atom is -0.292 e. The summed E-state index contributed by atoms with van der Waals surface area (Å²) in [5.41, 5.74) is 0.492. The molecule has 8 rings (SSSR count). The summed E-state index contributed by atoms with van der Waals surface area (Å²) in [5, 5.41) is 28.0. The normalized spacial score (nSPS) is 12.0. The van der Waals surface area contributed by atoms with Crippen molar-refractivity contribution < 1.29 is 26.3 Å². The van der Waals surface area contributed by atoms with Gasteiger partial charge in [-0.05, 0) is 60.3 Å². The van der Waals surface area contributed by atoms with Crippen molar-refractivity contribution in [1.29, 1.82) is 10.8 Å². The zero-order chi connectivity index (χ0) is 39.2. The summed E-state index contributed by atoms with van der Waals surface area (Å²) in [6, 6.07) is 30.3. The highest BCUT2D eigenvalue weighted by atomic mass is 32.2. The van der Waals surface area contributed by atoms with Crippen LogP contribution in [0.15, 0.2) is 121 Å². The summed E-state index contributed by atoms with van der Waals surface area (Å²) in [5.74, 6) is 0. The molecule has 56 heavy (non-hydrogen) atoms. The lowest BCUT2D eigenvalue weighted by Crippen LogP contribution is -2.09. The molecule has 276 valence electrons. The van der Waals surface area contributed by atoms with Crippen molar-refractivity contribution >= 4 is 55.0 Å². The third kappa shape index (κ3) is 7.23. The standard InChI is InChI=1S/C40H22F6N8S2/c41-39(42,43)25-9-3-1-7-23(25)27-11-5-13-29(49-27)35(47)55-36(48)30-19-17-21-15-16-22-18-20-32(52-34(22)33(21)51-30)38-54-53-37(56-38)31-14-6-12-28(50-31)24-8-2-4-10-26(24)40(44,45)46/h1-20,47-48H. The summed E-state index contributed by atoms with van der Waals surface area (Å²) < 4.78 is 82.2. The van der Waals surface area contributed by atoms with Gasteiger partial charge < -0.3 is 0 Å². The topological polar surface area (TPSA) is 125 Å². The van der Waals surface area contributed by atoms with Crippen molar-refractivity contribution in [3.63, 3.8) is 0 Å². The molecular formula is C40H22F6N8S2. The Morgan fingerprint density at radius 2 is 0.929 bits per heavy atom. The first-order valence-corrected chi connectivity index (χ1v) is 18.1. The van der Waals surface area contributed by atoms with Gasteiger partial charge in [0.15, 0.2) is 10.0 Å². The van der Waals surface area contributed by atoms with E-state index in [1.165, 1.54) is 72.0 Å². The quantitative estimate of drug-likeness (QED) is 0.0743. The predicted octanol–water partition coefficient (Wildman–Crippen LogP) is 11.2. The van der Waals surface area contributed by atoms with Crippen LogP contribution in [-0.2, 0) is 12.4 Å². The van der Waals surface area contributed by atoms with E-state index in [0.29, 0.717) is 32.4 Å². The van der Waals surface area contributed by atoms with E-state index in [0.717, 1.165) is 34.7 Å². The van der Waals surface area contributed by atoms with Gasteiger partial charge in [0.1, 0.15) is 21.5 Å². The Bertz CT molecular complexity index is 2840. The summed E-state index contributed by atoms with van der Waals surface area (Å²) >= 11 is 1.92. The van der Waals surface area contributed by atoms with Crippen molar-refractivity contribution in [2.75, 3.05) is 0 Å². The van der Waals surface area contributed by atoms with Gasteiger partial charge >= 0.3 is 12.4 Å². The van der Waals surface area contributed by atoms with E-state index in [9.17, 15) is 26.3 Å². The summed E-state index contributed by atoms with van der Waals surface area (Å²) in [7, 11) is 0. The molecule has 2 N–H and O–H groups in total. The Morgan fingerprint density at radius 1 is 0.464 bits per heavy atom. The van der Waals surface area contributed by atoms with E-state index in [1.807, 2.05) is 18.2 Å². The fourth-order valence-electron chi connectivity index (χ4n) is 5.97. The van der Waals surface area contributed by atoms with E-state index in [-0.39, 0.29) is 44.0 Å². The van der Waals surface area contributed by atoms with Crippen molar-refractivity contribution in [3.8, 4) is 43.9 Å². The maximum absolute atomic E-state index is 13.7.